The predicted molar refractivity (Wildman–Crippen MR) is 109 cm³/mol. The second kappa shape index (κ2) is 8.14. The van der Waals surface area contributed by atoms with E-state index in [1.165, 1.54) is 28.8 Å². The summed E-state index contributed by atoms with van der Waals surface area (Å²) in [7, 11) is 2.17. The molecule has 2 aliphatic heterocycles. The molecule has 0 bridgehead atoms. The minimum atomic E-state index is -0.0434. The maximum Gasteiger partial charge on any atom is 0.265 e. The molecule has 0 saturated heterocycles. The average Bonchev–Trinajstić information content (AvgIpc) is 2.66. The van der Waals surface area contributed by atoms with Gasteiger partial charge in [-0.1, -0.05) is 13.0 Å². The molecule has 2 heterocycles. The first-order valence-electron chi connectivity index (χ1n) is 9.49. The zero-order chi connectivity index (χ0) is 19.4. The van der Waals surface area contributed by atoms with Gasteiger partial charge in [-0.2, -0.15) is 0 Å². The first-order chi connectivity index (χ1) is 13.0. The molecule has 0 saturated carbocycles. The Labute approximate surface area is 161 Å². The van der Waals surface area contributed by atoms with E-state index in [2.05, 4.69) is 41.9 Å². The van der Waals surface area contributed by atoms with E-state index in [1.54, 1.807) is 0 Å². The highest BCUT2D eigenvalue weighted by atomic mass is 16.5. The van der Waals surface area contributed by atoms with Crippen LogP contribution in [0.5, 0.6) is 0 Å². The SMILES string of the molecule is [C-]#[N+]C(C#N)=C1C=C(C=Cc2cc(CC)c3c(c2)CCCN3C)OC(C)C1. The van der Waals surface area contributed by atoms with Gasteiger partial charge in [-0.3, -0.25) is 0 Å². The van der Waals surface area contributed by atoms with E-state index in [0.717, 1.165) is 25.0 Å². The number of benzene rings is 1. The van der Waals surface area contributed by atoms with Gasteiger partial charge in [-0.25, -0.2) is 10.1 Å². The van der Waals surface area contributed by atoms with Crippen LogP contribution in [0.3, 0.4) is 0 Å². The fraction of sp³-hybridized carbons (Fsp3) is 0.391. The minimum absolute atomic E-state index is 0.0434. The van der Waals surface area contributed by atoms with Gasteiger partial charge >= 0.3 is 0 Å². The Morgan fingerprint density at radius 3 is 2.96 bits per heavy atom. The van der Waals surface area contributed by atoms with Crippen LogP contribution in [-0.4, -0.2) is 19.7 Å². The lowest BCUT2D eigenvalue weighted by atomic mass is 9.94. The van der Waals surface area contributed by atoms with Gasteiger partial charge in [0, 0.05) is 25.7 Å². The Morgan fingerprint density at radius 2 is 2.26 bits per heavy atom. The molecule has 1 atom stereocenters. The second-order valence-corrected chi connectivity index (χ2v) is 7.18. The maximum atomic E-state index is 9.14. The van der Waals surface area contributed by atoms with Crippen molar-refractivity contribution in [3.63, 3.8) is 0 Å². The van der Waals surface area contributed by atoms with E-state index in [-0.39, 0.29) is 11.8 Å². The molecule has 1 aromatic rings. The minimum Gasteiger partial charge on any atom is -0.490 e. The van der Waals surface area contributed by atoms with Crippen molar-refractivity contribution in [3.8, 4) is 6.07 Å². The van der Waals surface area contributed by atoms with Crippen LogP contribution in [0.15, 0.2) is 41.3 Å². The molecule has 0 amide bonds. The second-order valence-electron chi connectivity index (χ2n) is 7.18. The molecule has 0 N–H and O–H groups in total. The quantitative estimate of drug-likeness (QED) is 0.561. The highest BCUT2D eigenvalue weighted by Gasteiger charge is 2.19. The lowest BCUT2D eigenvalue weighted by molar-refractivity contribution is 0.133. The van der Waals surface area contributed by atoms with Crippen LogP contribution < -0.4 is 4.90 Å². The van der Waals surface area contributed by atoms with E-state index in [4.69, 9.17) is 16.6 Å². The van der Waals surface area contributed by atoms with Crippen LogP contribution in [0.2, 0.25) is 0 Å². The van der Waals surface area contributed by atoms with Gasteiger partial charge in [0.1, 0.15) is 5.76 Å². The van der Waals surface area contributed by atoms with Crippen molar-refractivity contribution in [1.29, 1.82) is 5.26 Å². The Hall–Kier alpha value is -2.98. The summed E-state index contributed by atoms with van der Waals surface area (Å²) >= 11 is 0. The van der Waals surface area contributed by atoms with Gasteiger partial charge in [0.25, 0.3) is 5.70 Å². The summed E-state index contributed by atoms with van der Waals surface area (Å²) in [6, 6.07) is 6.50. The largest absolute Gasteiger partial charge is 0.490 e. The normalized spacial score (nSPS) is 21.0. The number of rotatable bonds is 3. The van der Waals surface area contributed by atoms with Crippen molar-refractivity contribution in [1.82, 2.24) is 0 Å². The summed E-state index contributed by atoms with van der Waals surface area (Å²) in [5, 5.41) is 9.14. The van der Waals surface area contributed by atoms with Crippen LogP contribution >= 0.6 is 0 Å². The number of ether oxygens (including phenoxy) is 1. The molecule has 0 aliphatic carbocycles. The topological polar surface area (TPSA) is 40.6 Å². The summed E-state index contributed by atoms with van der Waals surface area (Å²) in [6.45, 7) is 12.4. The highest BCUT2D eigenvalue weighted by molar-refractivity contribution is 5.67. The first-order valence-corrected chi connectivity index (χ1v) is 9.49. The number of hydrogen-bond donors (Lipinski definition) is 0. The van der Waals surface area contributed by atoms with Crippen molar-refractivity contribution >= 4 is 11.8 Å². The van der Waals surface area contributed by atoms with Gasteiger partial charge in [0.05, 0.1) is 18.7 Å². The predicted octanol–water partition coefficient (Wildman–Crippen LogP) is 5.03. The van der Waals surface area contributed by atoms with E-state index >= 15 is 0 Å². The molecule has 0 aromatic heterocycles. The van der Waals surface area contributed by atoms with Crippen molar-refractivity contribution in [3.05, 3.63) is 69.4 Å². The summed E-state index contributed by atoms with van der Waals surface area (Å²) in [5.74, 6) is 0.702. The number of aryl methyl sites for hydroxylation is 2. The molecule has 4 heteroatoms. The van der Waals surface area contributed by atoms with Crippen molar-refractivity contribution in [2.45, 2.75) is 45.6 Å². The lowest BCUT2D eigenvalue weighted by Gasteiger charge is -2.30. The molecule has 1 aromatic carbocycles. The van der Waals surface area contributed by atoms with E-state index in [1.807, 2.05) is 25.1 Å². The standard InChI is InChI=1S/C23H25N3O/c1-5-18-12-17(13-19-7-6-10-26(4)23(18)19)8-9-21-14-20(11-16(2)27-21)22(15-24)25-3/h8-9,12-14,16H,5-7,10-11H2,1-2,4H3. The molecule has 2 aliphatic rings. The third kappa shape index (κ3) is 4.07. The third-order valence-corrected chi connectivity index (χ3v) is 5.12. The number of allylic oxidation sites excluding steroid dienone is 3. The van der Waals surface area contributed by atoms with E-state index in [0.29, 0.717) is 12.2 Å². The number of fused-ring (bicyclic) bond motifs is 1. The number of nitriles is 1. The number of hydrogen-bond acceptors (Lipinski definition) is 3. The summed E-state index contributed by atoms with van der Waals surface area (Å²) in [4.78, 5) is 5.70. The molecule has 3 rings (SSSR count). The van der Waals surface area contributed by atoms with Crippen LogP contribution in [0.4, 0.5) is 5.69 Å². The first kappa shape index (κ1) is 18.8. The highest BCUT2D eigenvalue weighted by Crippen LogP contribution is 2.32. The molecule has 0 spiro atoms. The van der Waals surface area contributed by atoms with Gasteiger partial charge in [-0.15, -0.1) is 0 Å². The number of anilines is 1. The Bertz CT molecular complexity index is 876. The summed E-state index contributed by atoms with van der Waals surface area (Å²) in [6.07, 6.45) is 9.70. The fourth-order valence-electron chi connectivity index (χ4n) is 3.90. The molecule has 0 fully saturated rings. The molecule has 138 valence electrons. The molecule has 27 heavy (non-hydrogen) atoms. The maximum absolute atomic E-state index is 9.14. The fourth-order valence-corrected chi connectivity index (χ4v) is 3.90. The monoisotopic (exact) mass is 359 g/mol. The van der Waals surface area contributed by atoms with Gasteiger partial charge in [0.2, 0.25) is 0 Å². The molecule has 1 unspecified atom stereocenters. The van der Waals surface area contributed by atoms with Crippen LogP contribution in [0.25, 0.3) is 10.9 Å². The van der Waals surface area contributed by atoms with Gasteiger partial charge in [-0.05, 0) is 72.7 Å². The lowest BCUT2D eigenvalue weighted by Crippen LogP contribution is -2.26. The van der Waals surface area contributed by atoms with Crippen LogP contribution in [0.1, 0.15) is 43.4 Å². The van der Waals surface area contributed by atoms with Crippen LogP contribution in [-0.2, 0) is 17.6 Å². The summed E-state index contributed by atoms with van der Waals surface area (Å²) < 4.78 is 5.88. The average molecular weight is 359 g/mol. The smallest absolute Gasteiger partial charge is 0.265 e. The van der Waals surface area contributed by atoms with Gasteiger partial charge in [0.15, 0.2) is 0 Å². The van der Waals surface area contributed by atoms with Crippen LogP contribution in [0, 0.1) is 17.9 Å². The van der Waals surface area contributed by atoms with Crippen molar-refractivity contribution in [2.75, 3.05) is 18.5 Å². The van der Waals surface area contributed by atoms with Gasteiger partial charge < -0.3 is 9.64 Å². The third-order valence-electron chi connectivity index (χ3n) is 5.12. The van der Waals surface area contributed by atoms with Crippen molar-refractivity contribution in [2.24, 2.45) is 0 Å². The zero-order valence-electron chi connectivity index (χ0n) is 16.2. The summed E-state index contributed by atoms with van der Waals surface area (Å²) in [5.41, 5.74) is 6.26. The van der Waals surface area contributed by atoms with E-state index < -0.39 is 0 Å². The van der Waals surface area contributed by atoms with Crippen molar-refractivity contribution < 1.29 is 4.74 Å². The zero-order valence-corrected chi connectivity index (χ0v) is 16.2. The Morgan fingerprint density at radius 1 is 1.44 bits per heavy atom. The molecule has 4 nitrogen and oxygen atoms in total. The Balaban J connectivity index is 1.93. The Kier molecular flexibility index (Phi) is 5.67. The number of nitrogens with zero attached hydrogens (tertiary/aromatic N) is 3. The molecule has 0 radical (unpaired) electrons. The molecular formula is C23H25N3O. The molecular weight excluding hydrogens is 334 g/mol. The van der Waals surface area contributed by atoms with E-state index in [9.17, 15) is 0 Å².